The number of benzene rings is 2. The molecule has 0 aliphatic carbocycles. The molecule has 1 atom stereocenters. The third-order valence-electron chi connectivity index (χ3n) is 4.14. The number of hydrogen-bond donors (Lipinski definition) is 0. The fraction of sp³-hybridized carbons (Fsp3) is 0.167. The van der Waals surface area contributed by atoms with Crippen molar-refractivity contribution >= 4 is 23.2 Å². The van der Waals surface area contributed by atoms with Crippen molar-refractivity contribution < 1.29 is 13.7 Å². The summed E-state index contributed by atoms with van der Waals surface area (Å²) >= 11 is 6.00. The summed E-state index contributed by atoms with van der Waals surface area (Å²) in [6.45, 7) is 0.460. The maximum Gasteiger partial charge on any atom is 0.257 e. The zero-order chi connectivity index (χ0) is 17.4. The van der Waals surface area contributed by atoms with Gasteiger partial charge in [-0.1, -0.05) is 22.8 Å². The van der Waals surface area contributed by atoms with E-state index in [-0.39, 0.29) is 17.6 Å². The number of carbonyl (C=O) groups excluding carboxylic acids is 1. The highest BCUT2D eigenvalue weighted by molar-refractivity contribution is 6.30. The van der Waals surface area contributed by atoms with Crippen molar-refractivity contribution in [1.82, 2.24) is 10.1 Å². The van der Waals surface area contributed by atoms with Gasteiger partial charge in [0.15, 0.2) is 5.82 Å². The number of anilines is 1. The smallest absolute Gasteiger partial charge is 0.257 e. The van der Waals surface area contributed by atoms with Gasteiger partial charge in [-0.3, -0.25) is 4.79 Å². The van der Waals surface area contributed by atoms with Crippen LogP contribution in [0.3, 0.4) is 0 Å². The van der Waals surface area contributed by atoms with Gasteiger partial charge in [-0.25, -0.2) is 4.39 Å². The summed E-state index contributed by atoms with van der Waals surface area (Å²) in [5, 5.41) is 4.57. The molecule has 0 N–H and O–H groups in total. The van der Waals surface area contributed by atoms with Gasteiger partial charge in [0.2, 0.25) is 5.91 Å². The largest absolute Gasteiger partial charge is 0.334 e. The Hall–Kier alpha value is -2.73. The molecule has 4 rings (SSSR count). The molecule has 5 nitrogen and oxygen atoms in total. The highest BCUT2D eigenvalue weighted by Crippen LogP contribution is 2.32. The van der Waals surface area contributed by atoms with Crippen molar-refractivity contribution in [2.75, 3.05) is 11.4 Å². The molecule has 1 aliphatic rings. The van der Waals surface area contributed by atoms with E-state index in [1.807, 2.05) is 6.07 Å². The molecule has 0 bridgehead atoms. The van der Waals surface area contributed by atoms with Crippen LogP contribution in [0.15, 0.2) is 53.1 Å². The van der Waals surface area contributed by atoms with Gasteiger partial charge < -0.3 is 9.42 Å². The molecular weight excluding hydrogens is 345 g/mol. The molecule has 3 aromatic rings. The Bertz CT molecular complexity index is 926. The number of hydrogen-bond acceptors (Lipinski definition) is 4. The van der Waals surface area contributed by atoms with E-state index < -0.39 is 0 Å². The van der Waals surface area contributed by atoms with Gasteiger partial charge >= 0.3 is 0 Å². The Morgan fingerprint density at radius 1 is 1.20 bits per heavy atom. The second-order valence-corrected chi connectivity index (χ2v) is 6.29. The van der Waals surface area contributed by atoms with Crippen molar-refractivity contribution in [2.45, 2.75) is 12.3 Å². The zero-order valence-corrected chi connectivity index (χ0v) is 13.8. The second-order valence-electron chi connectivity index (χ2n) is 5.85. The molecule has 1 amide bonds. The van der Waals surface area contributed by atoms with Gasteiger partial charge in [0.25, 0.3) is 5.89 Å². The molecule has 2 heterocycles. The van der Waals surface area contributed by atoms with Gasteiger partial charge in [-0.15, -0.1) is 0 Å². The van der Waals surface area contributed by atoms with Crippen LogP contribution in [0.1, 0.15) is 18.2 Å². The second kappa shape index (κ2) is 6.29. The lowest BCUT2D eigenvalue weighted by Crippen LogP contribution is -2.24. The molecule has 1 fully saturated rings. The van der Waals surface area contributed by atoms with Crippen molar-refractivity contribution in [3.63, 3.8) is 0 Å². The van der Waals surface area contributed by atoms with E-state index in [1.165, 1.54) is 12.1 Å². The third-order valence-corrected chi connectivity index (χ3v) is 4.38. The van der Waals surface area contributed by atoms with Crippen LogP contribution in [-0.2, 0) is 4.79 Å². The van der Waals surface area contributed by atoms with Gasteiger partial charge in [-0.05, 0) is 42.5 Å². The summed E-state index contributed by atoms with van der Waals surface area (Å²) < 4.78 is 18.3. The maximum atomic E-state index is 13.0. The van der Waals surface area contributed by atoms with Gasteiger partial charge in [0.1, 0.15) is 5.82 Å². The van der Waals surface area contributed by atoms with Crippen LogP contribution >= 0.6 is 11.6 Å². The number of rotatable bonds is 3. The molecule has 0 saturated carbocycles. The summed E-state index contributed by atoms with van der Waals surface area (Å²) in [5.41, 5.74) is 1.39. The van der Waals surface area contributed by atoms with E-state index in [1.54, 1.807) is 35.2 Å². The summed E-state index contributed by atoms with van der Waals surface area (Å²) in [7, 11) is 0. The minimum Gasteiger partial charge on any atom is -0.334 e. The van der Waals surface area contributed by atoms with Crippen LogP contribution in [-0.4, -0.2) is 22.6 Å². The monoisotopic (exact) mass is 357 g/mol. The zero-order valence-electron chi connectivity index (χ0n) is 13.0. The summed E-state index contributed by atoms with van der Waals surface area (Å²) in [5.74, 6) is 0.271. The highest BCUT2D eigenvalue weighted by atomic mass is 35.5. The average molecular weight is 358 g/mol. The number of amides is 1. The first-order valence-corrected chi connectivity index (χ1v) is 8.13. The van der Waals surface area contributed by atoms with Gasteiger partial charge in [-0.2, -0.15) is 4.98 Å². The van der Waals surface area contributed by atoms with E-state index in [0.717, 1.165) is 5.69 Å². The number of aromatic nitrogens is 2. The summed E-state index contributed by atoms with van der Waals surface area (Å²) in [6, 6.07) is 13.0. The topological polar surface area (TPSA) is 59.2 Å². The molecule has 1 aromatic heterocycles. The van der Waals surface area contributed by atoms with Crippen LogP contribution in [0.5, 0.6) is 0 Å². The van der Waals surface area contributed by atoms with E-state index in [2.05, 4.69) is 10.1 Å². The Labute approximate surface area is 148 Å². The maximum absolute atomic E-state index is 13.0. The van der Waals surface area contributed by atoms with Crippen molar-refractivity contribution in [3.05, 3.63) is 65.2 Å². The SMILES string of the molecule is O=C1CC(c2noc(-c3ccc(F)cc3)n2)CN1c1cccc(Cl)c1. The first kappa shape index (κ1) is 15.8. The predicted octanol–water partition coefficient (Wildman–Crippen LogP) is 4.05. The molecule has 1 unspecified atom stereocenters. The number of nitrogens with zero attached hydrogens (tertiary/aromatic N) is 3. The Kier molecular flexibility index (Phi) is 3.97. The standard InChI is InChI=1S/C18H13ClFN3O2/c19-13-2-1-3-15(9-13)23-10-12(8-16(23)24)17-21-18(25-22-17)11-4-6-14(20)7-5-11/h1-7,9,12H,8,10H2. The van der Waals surface area contributed by atoms with Crippen molar-refractivity contribution in [3.8, 4) is 11.5 Å². The van der Waals surface area contributed by atoms with Crippen LogP contribution in [0.25, 0.3) is 11.5 Å². The first-order chi connectivity index (χ1) is 12.1. The Morgan fingerprint density at radius 3 is 2.76 bits per heavy atom. The van der Waals surface area contributed by atoms with Crippen molar-refractivity contribution in [1.29, 1.82) is 0 Å². The molecular formula is C18H13ClFN3O2. The summed E-state index contributed by atoms with van der Waals surface area (Å²) in [6.07, 6.45) is 0.301. The van der Waals surface area contributed by atoms with E-state index in [0.29, 0.717) is 35.3 Å². The van der Waals surface area contributed by atoms with E-state index in [4.69, 9.17) is 16.1 Å². The third kappa shape index (κ3) is 3.13. The van der Waals surface area contributed by atoms with Crippen LogP contribution < -0.4 is 4.90 Å². The molecule has 1 saturated heterocycles. The lowest BCUT2D eigenvalue weighted by atomic mass is 10.1. The molecule has 2 aromatic carbocycles. The summed E-state index contributed by atoms with van der Waals surface area (Å²) in [4.78, 5) is 18.4. The first-order valence-electron chi connectivity index (χ1n) is 7.75. The minimum absolute atomic E-state index is 0.0135. The molecule has 126 valence electrons. The Morgan fingerprint density at radius 2 is 2.00 bits per heavy atom. The normalized spacial score (nSPS) is 17.3. The molecule has 25 heavy (non-hydrogen) atoms. The van der Waals surface area contributed by atoms with E-state index in [9.17, 15) is 9.18 Å². The number of carbonyl (C=O) groups is 1. The average Bonchev–Trinajstić information content (AvgIpc) is 3.22. The van der Waals surface area contributed by atoms with E-state index >= 15 is 0 Å². The predicted molar refractivity (Wildman–Crippen MR) is 90.9 cm³/mol. The molecule has 0 spiro atoms. The lowest BCUT2D eigenvalue weighted by molar-refractivity contribution is -0.117. The highest BCUT2D eigenvalue weighted by Gasteiger charge is 2.34. The number of halogens is 2. The van der Waals surface area contributed by atoms with Crippen molar-refractivity contribution in [2.24, 2.45) is 0 Å². The quantitative estimate of drug-likeness (QED) is 0.709. The van der Waals surface area contributed by atoms with Crippen LogP contribution in [0.4, 0.5) is 10.1 Å². The van der Waals surface area contributed by atoms with Gasteiger partial charge in [0.05, 0.1) is 0 Å². The molecule has 1 aliphatic heterocycles. The fourth-order valence-corrected chi connectivity index (χ4v) is 3.07. The fourth-order valence-electron chi connectivity index (χ4n) is 2.88. The van der Waals surface area contributed by atoms with Crippen LogP contribution in [0.2, 0.25) is 5.02 Å². The van der Waals surface area contributed by atoms with Gasteiger partial charge in [0, 0.05) is 35.2 Å². The minimum atomic E-state index is -0.331. The van der Waals surface area contributed by atoms with Crippen LogP contribution in [0, 0.1) is 5.82 Å². The molecule has 7 heteroatoms. The lowest BCUT2D eigenvalue weighted by Gasteiger charge is -2.16. The Balaban J connectivity index is 1.55. The molecule has 0 radical (unpaired) electrons.